The lowest BCUT2D eigenvalue weighted by molar-refractivity contribution is 0.112. The van der Waals surface area contributed by atoms with E-state index in [1.54, 1.807) is 0 Å². The van der Waals surface area contributed by atoms with Crippen LogP contribution in [0.4, 0.5) is 0 Å². The van der Waals surface area contributed by atoms with Gasteiger partial charge in [-0.1, -0.05) is 70.2 Å². The highest BCUT2D eigenvalue weighted by Crippen LogP contribution is 2.43. The molecule has 23 heavy (non-hydrogen) atoms. The summed E-state index contributed by atoms with van der Waals surface area (Å²) in [5, 5.41) is 0. The van der Waals surface area contributed by atoms with Gasteiger partial charge in [-0.3, -0.25) is 4.90 Å². The topological polar surface area (TPSA) is 12.5 Å². The van der Waals surface area contributed by atoms with Gasteiger partial charge in [-0.05, 0) is 24.2 Å². The fraction of sp³-hybridized carbons (Fsp3) is 0.429. The highest BCUT2D eigenvalue weighted by molar-refractivity contribution is 5.48. The Bertz CT molecular complexity index is 623. The number of para-hydroxylation sites is 1. The van der Waals surface area contributed by atoms with Crippen LogP contribution < -0.4 is 4.74 Å². The normalized spacial score (nSPS) is 21.1. The standard InChI is InChI=1S/C17H17NO.2C2H6/c1-18-10-12-6-2-3-7-13(12)17-14-8-4-5-9-16(14)19-11-15(17)18;2*1-2/h2-9,15,17H,10-11H2,1H3;2*1-2H3/t15-,17-;;/m1../s1. The van der Waals surface area contributed by atoms with Crippen molar-refractivity contribution >= 4 is 0 Å². The van der Waals surface area contributed by atoms with Gasteiger partial charge in [0.25, 0.3) is 0 Å². The molecular weight excluding hydrogens is 282 g/mol. The van der Waals surface area contributed by atoms with E-state index in [-0.39, 0.29) is 0 Å². The second-order valence-electron chi connectivity index (χ2n) is 5.51. The van der Waals surface area contributed by atoms with Gasteiger partial charge in [-0.15, -0.1) is 0 Å². The SMILES string of the molecule is CC.CC.CN1Cc2ccccc2[C@@H]2c3ccccc3OC[C@H]21. The molecule has 4 rings (SSSR count). The number of hydrogen-bond donors (Lipinski definition) is 0. The third kappa shape index (κ3) is 3.28. The summed E-state index contributed by atoms with van der Waals surface area (Å²) in [5.41, 5.74) is 4.25. The lowest BCUT2D eigenvalue weighted by Crippen LogP contribution is -2.47. The van der Waals surface area contributed by atoms with Crippen LogP contribution >= 0.6 is 0 Å². The Morgan fingerprint density at radius 1 is 0.870 bits per heavy atom. The maximum Gasteiger partial charge on any atom is 0.123 e. The van der Waals surface area contributed by atoms with Gasteiger partial charge < -0.3 is 4.74 Å². The van der Waals surface area contributed by atoms with Crippen molar-refractivity contribution in [2.75, 3.05) is 13.7 Å². The van der Waals surface area contributed by atoms with Gasteiger partial charge in [-0.2, -0.15) is 0 Å². The zero-order valence-corrected chi connectivity index (χ0v) is 15.0. The molecular formula is C21H29NO. The van der Waals surface area contributed by atoms with E-state index in [1.807, 2.05) is 27.7 Å². The lowest BCUT2D eigenvalue weighted by Gasteiger charge is -2.43. The summed E-state index contributed by atoms with van der Waals surface area (Å²) in [6.45, 7) is 9.80. The van der Waals surface area contributed by atoms with Crippen molar-refractivity contribution in [2.24, 2.45) is 0 Å². The van der Waals surface area contributed by atoms with Crippen molar-refractivity contribution in [3.63, 3.8) is 0 Å². The van der Waals surface area contributed by atoms with E-state index >= 15 is 0 Å². The van der Waals surface area contributed by atoms with Crippen LogP contribution in [0, 0.1) is 0 Å². The smallest absolute Gasteiger partial charge is 0.123 e. The molecule has 0 fully saturated rings. The molecule has 0 saturated carbocycles. The molecule has 0 saturated heterocycles. The minimum Gasteiger partial charge on any atom is -0.492 e. The minimum atomic E-state index is 0.444. The number of likely N-dealkylation sites (N-methyl/N-ethyl adjacent to an activating group) is 1. The second-order valence-corrected chi connectivity index (χ2v) is 5.51. The van der Waals surface area contributed by atoms with E-state index in [0.29, 0.717) is 12.0 Å². The van der Waals surface area contributed by atoms with Crippen molar-refractivity contribution in [3.8, 4) is 5.75 Å². The molecule has 2 aliphatic heterocycles. The molecule has 0 radical (unpaired) electrons. The van der Waals surface area contributed by atoms with E-state index < -0.39 is 0 Å². The van der Waals surface area contributed by atoms with E-state index in [0.717, 1.165) is 18.9 Å². The average Bonchev–Trinajstić information content (AvgIpc) is 2.65. The van der Waals surface area contributed by atoms with Crippen LogP contribution in [0.25, 0.3) is 0 Å². The van der Waals surface area contributed by atoms with Gasteiger partial charge in [0, 0.05) is 18.0 Å². The predicted octanol–water partition coefficient (Wildman–Crippen LogP) is 5.08. The summed E-state index contributed by atoms with van der Waals surface area (Å²) in [6, 6.07) is 17.7. The second kappa shape index (κ2) is 8.16. The van der Waals surface area contributed by atoms with Crippen molar-refractivity contribution in [3.05, 3.63) is 65.2 Å². The maximum atomic E-state index is 5.94. The third-order valence-electron chi connectivity index (χ3n) is 4.42. The molecule has 0 aliphatic carbocycles. The first-order valence-corrected chi connectivity index (χ1v) is 8.84. The molecule has 2 aromatic carbocycles. The van der Waals surface area contributed by atoms with E-state index in [1.165, 1.54) is 16.7 Å². The monoisotopic (exact) mass is 311 g/mol. The number of ether oxygens (including phenoxy) is 1. The number of rotatable bonds is 0. The number of benzene rings is 2. The first-order chi connectivity index (χ1) is 11.3. The van der Waals surface area contributed by atoms with Crippen LogP contribution in [0.1, 0.15) is 50.3 Å². The van der Waals surface area contributed by atoms with Crippen LogP contribution in [0.5, 0.6) is 5.75 Å². The summed E-state index contributed by atoms with van der Waals surface area (Å²) < 4.78 is 5.94. The fourth-order valence-electron chi connectivity index (χ4n) is 3.47. The molecule has 2 nitrogen and oxygen atoms in total. The Morgan fingerprint density at radius 2 is 1.48 bits per heavy atom. The maximum absolute atomic E-state index is 5.94. The van der Waals surface area contributed by atoms with Gasteiger partial charge in [0.1, 0.15) is 12.4 Å². The molecule has 0 unspecified atom stereocenters. The summed E-state index contributed by atoms with van der Waals surface area (Å²) >= 11 is 0. The Morgan fingerprint density at radius 3 is 2.22 bits per heavy atom. The third-order valence-corrected chi connectivity index (χ3v) is 4.42. The zero-order chi connectivity index (χ0) is 16.8. The van der Waals surface area contributed by atoms with Crippen LogP contribution in [-0.2, 0) is 6.54 Å². The highest BCUT2D eigenvalue weighted by Gasteiger charge is 2.38. The predicted molar refractivity (Wildman–Crippen MR) is 98.2 cm³/mol. The molecule has 0 aromatic heterocycles. The van der Waals surface area contributed by atoms with Gasteiger partial charge >= 0.3 is 0 Å². The van der Waals surface area contributed by atoms with Gasteiger partial charge in [0.2, 0.25) is 0 Å². The number of fused-ring (bicyclic) bond motifs is 5. The number of hydrogen-bond acceptors (Lipinski definition) is 2. The molecule has 0 N–H and O–H groups in total. The van der Waals surface area contributed by atoms with Crippen LogP contribution in [0.3, 0.4) is 0 Å². The Labute approximate surface area is 141 Å². The van der Waals surface area contributed by atoms with E-state index in [2.05, 4.69) is 60.5 Å². The summed E-state index contributed by atoms with van der Waals surface area (Å²) in [6.07, 6.45) is 0. The van der Waals surface area contributed by atoms with Gasteiger partial charge in [-0.25, -0.2) is 0 Å². The molecule has 124 valence electrons. The van der Waals surface area contributed by atoms with Crippen LogP contribution in [0.2, 0.25) is 0 Å². The summed E-state index contributed by atoms with van der Waals surface area (Å²) in [7, 11) is 2.20. The first-order valence-electron chi connectivity index (χ1n) is 8.84. The van der Waals surface area contributed by atoms with E-state index in [9.17, 15) is 0 Å². The van der Waals surface area contributed by atoms with Crippen LogP contribution in [0.15, 0.2) is 48.5 Å². The van der Waals surface area contributed by atoms with Gasteiger partial charge in [0.05, 0.1) is 6.04 Å². The van der Waals surface area contributed by atoms with Crippen molar-refractivity contribution in [2.45, 2.75) is 46.2 Å². The lowest BCUT2D eigenvalue weighted by atomic mass is 9.78. The molecule has 0 spiro atoms. The van der Waals surface area contributed by atoms with Crippen LogP contribution in [-0.4, -0.2) is 24.6 Å². The first kappa shape index (κ1) is 17.6. The minimum absolute atomic E-state index is 0.444. The molecule has 2 aromatic rings. The number of nitrogens with zero attached hydrogens (tertiary/aromatic N) is 1. The Balaban J connectivity index is 0.000000448. The average molecular weight is 311 g/mol. The highest BCUT2D eigenvalue weighted by atomic mass is 16.5. The Kier molecular flexibility index (Phi) is 6.23. The molecule has 2 aliphatic rings. The van der Waals surface area contributed by atoms with Crippen molar-refractivity contribution in [1.82, 2.24) is 4.90 Å². The van der Waals surface area contributed by atoms with E-state index in [4.69, 9.17) is 4.74 Å². The zero-order valence-electron chi connectivity index (χ0n) is 15.0. The Hall–Kier alpha value is -1.80. The quantitative estimate of drug-likeness (QED) is 0.673. The van der Waals surface area contributed by atoms with Crippen molar-refractivity contribution < 1.29 is 4.74 Å². The fourth-order valence-corrected chi connectivity index (χ4v) is 3.47. The molecule has 0 amide bonds. The molecule has 2 heteroatoms. The summed E-state index contributed by atoms with van der Waals surface area (Å²) in [5.74, 6) is 1.49. The van der Waals surface area contributed by atoms with Crippen molar-refractivity contribution in [1.29, 1.82) is 0 Å². The summed E-state index contributed by atoms with van der Waals surface area (Å²) in [4.78, 5) is 2.42. The molecule has 2 heterocycles. The molecule has 2 atom stereocenters. The largest absolute Gasteiger partial charge is 0.492 e. The molecule has 0 bridgehead atoms. The van der Waals surface area contributed by atoms with Gasteiger partial charge in [0.15, 0.2) is 0 Å².